The molecule has 3 heterocycles. The molecule has 174 valence electrons. The van der Waals surface area contributed by atoms with E-state index in [0.717, 1.165) is 22.2 Å². The van der Waals surface area contributed by atoms with Crippen molar-refractivity contribution in [3.8, 4) is 0 Å². The third kappa shape index (κ3) is 4.56. The molecule has 0 unspecified atom stereocenters. The molecule has 0 saturated heterocycles. The van der Waals surface area contributed by atoms with Crippen molar-refractivity contribution in [1.82, 2.24) is 9.97 Å². The lowest BCUT2D eigenvalue weighted by Crippen LogP contribution is -2.12. The maximum absolute atomic E-state index is 13.2. The normalized spacial score (nSPS) is 17.4. The zero-order valence-corrected chi connectivity index (χ0v) is 21.2. The summed E-state index contributed by atoms with van der Waals surface area (Å²) in [7, 11) is 0. The van der Waals surface area contributed by atoms with Gasteiger partial charge in [0.15, 0.2) is 5.16 Å². The Hall–Kier alpha value is -2.87. The molecule has 7 heteroatoms. The van der Waals surface area contributed by atoms with Gasteiger partial charge in [0.1, 0.15) is 16.5 Å². The maximum Gasteiger partial charge on any atom is 0.191 e. The summed E-state index contributed by atoms with van der Waals surface area (Å²) in [6.45, 7) is 0. The predicted octanol–water partition coefficient (Wildman–Crippen LogP) is 7.82. The number of aromatic nitrogens is 2. The van der Waals surface area contributed by atoms with Gasteiger partial charge in [-0.2, -0.15) is 0 Å². The molecule has 1 aliphatic heterocycles. The minimum Gasteiger partial charge on any atom is -0.383 e. The minimum absolute atomic E-state index is 0.221. The highest BCUT2D eigenvalue weighted by atomic mass is 32.2. The lowest BCUT2D eigenvalue weighted by molar-refractivity contribution is 0.627. The Morgan fingerprint density at radius 2 is 1.57 bits per heavy atom. The molecule has 0 spiro atoms. The molecule has 3 aromatic carbocycles. The van der Waals surface area contributed by atoms with Gasteiger partial charge in [0.25, 0.3) is 0 Å². The van der Waals surface area contributed by atoms with Gasteiger partial charge >= 0.3 is 0 Å². The molecule has 3 nitrogen and oxygen atoms in total. The van der Waals surface area contributed by atoms with Crippen molar-refractivity contribution in [2.24, 2.45) is 0 Å². The van der Waals surface area contributed by atoms with Crippen LogP contribution in [0.3, 0.4) is 0 Å². The second kappa shape index (κ2) is 9.64. The first-order valence-electron chi connectivity index (χ1n) is 11.4. The van der Waals surface area contributed by atoms with E-state index in [1.807, 2.05) is 11.8 Å². The number of anilines is 1. The molecule has 2 N–H and O–H groups in total. The number of thiophene rings is 1. The zero-order valence-electron chi connectivity index (χ0n) is 18.7. The summed E-state index contributed by atoms with van der Waals surface area (Å²) in [5, 5.41) is 2.21. The molecule has 2 atom stereocenters. The molecule has 0 amide bonds. The number of benzene rings is 3. The molecule has 0 bridgehead atoms. The fraction of sp³-hybridized carbons (Fsp3) is 0.143. The van der Waals surface area contributed by atoms with E-state index in [-0.39, 0.29) is 11.1 Å². The summed E-state index contributed by atoms with van der Waals surface area (Å²) in [5.41, 5.74) is 11.5. The van der Waals surface area contributed by atoms with Crippen molar-refractivity contribution >= 4 is 50.9 Å². The molecule has 1 aliphatic rings. The number of fused-ring (bicyclic) bond motifs is 3. The Bertz CT molecular complexity index is 1470. The molecule has 2 aromatic heterocycles. The Balaban J connectivity index is 1.39. The molecule has 0 fully saturated rings. The summed E-state index contributed by atoms with van der Waals surface area (Å²) in [4.78, 5) is 11.8. The van der Waals surface area contributed by atoms with E-state index in [0.29, 0.717) is 22.0 Å². The van der Waals surface area contributed by atoms with Crippen LogP contribution in [-0.2, 0) is 12.2 Å². The second-order valence-electron chi connectivity index (χ2n) is 8.46. The van der Waals surface area contributed by atoms with Gasteiger partial charge in [0.2, 0.25) is 0 Å². The van der Waals surface area contributed by atoms with Crippen LogP contribution in [0.1, 0.15) is 37.6 Å². The van der Waals surface area contributed by atoms with E-state index in [4.69, 9.17) is 10.7 Å². The molecule has 0 radical (unpaired) electrons. The van der Waals surface area contributed by atoms with Crippen LogP contribution in [0.2, 0.25) is 0 Å². The van der Waals surface area contributed by atoms with Gasteiger partial charge in [-0.25, -0.2) is 14.4 Å². The highest BCUT2D eigenvalue weighted by Gasteiger charge is 2.34. The van der Waals surface area contributed by atoms with Crippen LogP contribution in [0, 0.1) is 5.82 Å². The Morgan fingerprint density at radius 3 is 2.29 bits per heavy atom. The van der Waals surface area contributed by atoms with Gasteiger partial charge in [-0.3, -0.25) is 0 Å². The smallest absolute Gasteiger partial charge is 0.191 e. The van der Waals surface area contributed by atoms with Crippen LogP contribution in [0.5, 0.6) is 0 Å². The van der Waals surface area contributed by atoms with Crippen molar-refractivity contribution in [2.75, 3.05) is 5.73 Å². The van der Waals surface area contributed by atoms with E-state index in [1.54, 1.807) is 23.5 Å². The van der Waals surface area contributed by atoms with Crippen molar-refractivity contribution in [1.29, 1.82) is 0 Å². The van der Waals surface area contributed by atoms with E-state index in [1.165, 1.54) is 45.5 Å². The lowest BCUT2D eigenvalue weighted by Gasteiger charge is -2.30. The fourth-order valence-corrected chi connectivity index (χ4v) is 8.36. The van der Waals surface area contributed by atoms with Gasteiger partial charge in [-0.1, -0.05) is 84.6 Å². The monoisotopic (exact) mass is 515 g/mol. The molecule has 0 saturated carbocycles. The van der Waals surface area contributed by atoms with Crippen LogP contribution >= 0.6 is 34.9 Å². The van der Waals surface area contributed by atoms with Crippen molar-refractivity contribution < 1.29 is 4.39 Å². The van der Waals surface area contributed by atoms with Crippen LogP contribution in [0.15, 0.2) is 90.1 Å². The van der Waals surface area contributed by atoms with Crippen LogP contribution in [0.4, 0.5) is 10.2 Å². The number of halogens is 1. The fourth-order valence-electron chi connectivity index (χ4n) is 4.47. The Kier molecular flexibility index (Phi) is 6.22. The highest BCUT2D eigenvalue weighted by molar-refractivity contribution is 8.00. The van der Waals surface area contributed by atoms with Crippen LogP contribution < -0.4 is 5.73 Å². The number of rotatable bonds is 5. The number of nitrogen functional groups attached to an aromatic ring is 1. The third-order valence-corrected chi connectivity index (χ3v) is 9.98. The number of hydrogen-bond acceptors (Lipinski definition) is 6. The number of hydrogen-bond donors (Lipinski definition) is 1. The molecule has 35 heavy (non-hydrogen) atoms. The van der Waals surface area contributed by atoms with E-state index in [9.17, 15) is 4.39 Å². The summed E-state index contributed by atoms with van der Waals surface area (Å²) in [5.74, 6) is 0.971. The maximum atomic E-state index is 13.2. The highest BCUT2D eigenvalue weighted by Crippen LogP contribution is 2.55. The van der Waals surface area contributed by atoms with E-state index in [2.05, 4.69) is 65.6 Å². The first-order chi connectivity index (χ1) is 17.2. The summed E-state index contributed by atoms with van der Waals surface area (Å²) >= 11 is 5.26. The van der Waals surface area contributed by atoms with Crippen LogP contribution in [-0.4, -0.2) is 9.97 Å². The number of nitrogens with two attached hydrogens (primary N) is 1. The predicted molar refractivity (Wildman–Crippen MR) is 147 cm³/mol. The van der Waals surface area contributed by atoms with Gasteiger partial charge in [-0.15, -0.1) is 23.1 Å². The standard InChI is InChI=1S/C28H22FN3S3/c29-20-13-11-17(12-14-20)16-33-28-31-26(30)23-21-15-22(18-7-3-1-4-8-18)34-24(19-9-5-2-6-10-19)25(21)35-27(23)32-28/h1-14,22,24H,15-16H2,(H2,30,31,32)/t22-,24-/m0/s1. The zero-order chi connectivity index (χ0) is 23.8. The van der Waals surface area contributed by atoms with Gasteiger partial charge < -0.3 is 5.73 Å². The average molecular weight is 516 g/mol. The Morgan fingerprint density at radius 1 is 0.886 bits per heavy atom. The second-order valence-corrected chi connectivity index (χ2v) is 11.7. The molecular weight excluding hydrogens is 494 g/mol. The van der Waals surface area contributed by atoms with Crippen LogP contribution in [0.25, 0.3) is 10.2 Å². The molecular formula is C28H22FN3S3. The summed E-state index contributed by atoms with van der Waals surface area (Å²) in [6, 6.07) is 27.9. The van der Waals surface area contributed by atoms with Gasteiger partial charge in [-0.05, 0) is 40.8 Å². The topological polar surface area (TPSA) is 51.8 Å². The first kappa shape index (κ1) is 22.6. The lowest BCUT2D eigenvalue weighted by atomic mass is 9.98. The number of thioether (sulfide) groups is 2. The van der Waals surface area contributed by atoms with Gasteiger partial charge in [0.05, 0.1) is 10.6 Å². The van der Waals surface area contributed by atoms with Crippen molar-refractivity contribution in [2.45, 2.75) is 27.8 Å². The SMILES string of the molecule is Nc1nc(SCc2ccc(F)cc2)nc2sc3c(c12)C[C@@H](c1ccccc1)S[C@H]3c1ccccc1. The molecule has 0 aliphatic carbocycles. The molecule has 5 aromatic rings. The third-order valence-electron chi connectivity index (χ3n) is 6.17. The molecule has 6 rings (SSSR count). The first-order valence-corrected chi connectivity index (χ1v) is 14.1. The Labute approximate surface area is 216 Å². The minimum atomic E-state index is -0.232. The van der Waals surface area contributed by atoms with E-state index < -0.39 is 0 Å². The largest absolute Gasteiger partial charge is 0.383 e. The average Bonchev–Trinajstić information content (AvgIpc) is 3.28. The summed E-state index contributed by atoms with van der Waals surface area (Å²) in [6.07, 6.45) is 0.906. The summed E-state index contributed by atoms with van der Waals surface area (Å²) < 4.78 is 13.2. The van der Waals surface area contributed by atoms with Crippen molar-refractivity contribution in [3.05, 3.63) is 118 Å². The quantitative estimate of drug-likeness (QED) is 0.191. The van der Waals surface area contributed by atoms with Crippen molar-refractivity contribution in [3.63, 3.8) is 0 Å². The van der Waals surface area contributed by atoms with Gasteiger partial charge in [0, 0.05) is 15.9 Å². The number of nitrogens with zero attached hydrogens (tertiary/aromatic N) is 2. The van der Waals surface area contributed by atoms with E-state index >= 15 is 0 Å².